The molecule has 4 aliphatic rings. The van der Waals surface area contributed by atoms with Gasteiger partial charge >= 0.3 is 7.12 Å². The first-order valence-electron chi connectivity index (χ1n) is 20.4. The van der Waals surface area contributed by atoms with Crippen molar-refractivity contribution in [3.05, 3.63) is 189 Å². The number of hydroxylamine groups is 4. The van der Waals surface area contributed by atoms with Gasteiger partial charge in [0.2, 0.25) is 29.1 Å². The third-order valence-corrected chi connectivity index (χ3v) is 11.7. The van der Waals surface area contributed by atoms with Gasteiger partial charge in [-0.15, -0.1) is 0 Å². The van der Waals surface area contributed by atoms with E-state index in [1.165, 1.54) is 28.3 Å². The fourth-order valence-corrected chi connectivity index (χ4v) is 8.26. The lowest BCUT2D eigenvalue weighted by Gasteiger charge is -2.37. The lowest BCUT2D eigenvalue weighted by molar-refractivity contribution is -0.191. The number of aliphatic imine (C=N–C) groups is 2. The van der Waals surface area contributed by atoms with Crippen LogP contribution in [0.4, 0.5) is 14.5 Å². The molecule has 6 N–H and O–H groups in total. The Morgan fingerprint density at radius 1 is 0.727 bits per heavy atom. The number of hydrogen-bond acceptors (Lipinski definition) is 13. The van der Waals surface area contributed by atoms with Gasteiger partial charge in [0.05, 0.1) is 23.3 Å². The van der Waals surface area contributed by atoms with Crippen molar-refractivity contribution in [1.82, 2.24) is 10.1 Å². The molecule has 332 valence electrons. The van der Waals surface area contributed by atoms with Gasteiger partial charge in [0.15, 0.2) is 0 Å². The first-order valence-corrected chi connectivity index (χ1v) is 21.2. The Kier molecular flexibility index (Phi) is 12.8. The number of nitriles is 1. The van der Waals surface area contributed by atoms with Crippen LogP contribution in [-0.2, 0) is 21.1 Å². The van der Waals surface area contributed by atoms with Gasteiger partial charge in [-0.3, -0.25) is 0 Å². The summed E-state index contributed by atoms with van der Waals surface area (Å²) >= 11 is 3.51. The fraction of sp³-hybridized carbons (Fsp3) is 0.167. The fourth-order valence-electron chi connectivity index (χ4n) is 7.90. The topological polar surface area (TPSA) is 189 Å². The molecule has 0 radical (unpaired) electrons. The molecule has 0 bridgehead atoms. The highest BCUT2D eigenvalue weighted by Crippen LogP contribution is 2.52. The highest BCUT2D eigenvalue weighted by molar-refractivity contribution is 9.10. The lowest BCUT2D eigenvalue weighted by Crippen LogP contribution is -2.36. The zero-order valence-corrected chi connectivity index (χ0v) is 36.9. The largest absolute Gasteiger partial charge is 0.488 e. The number of fused-ring (bicyclic) bond motifs is 4. The molecule has 14 nitrogen and oxygen atoms in total. The summed E-state index contributed by atoms with van der Waals surface area (Å²) in [5.74, 6) is 0.845. The van der Waals surface area contributed by atoms with Crippen LogP contribution in [0.5, 0.6) is 11.5 Å². The van der Waals surface area contributed by atoms with Crippen LogP contribution in [0.25, 0.3) is 16.0 Å². The molecule has 6 aromatic rings. The Bertz CT molecular complexity index is 2940. The Balaban J connectivity index is 0.000000148. The molecule has 4 unspecified atom stereocenters. The first-order chi connectivity index (χ1) is 31.7. The molecule has 0 saturated carbocycles. The summed E-state index contributed by atoms with van der Waals surface area (Å²) in [6.45, 7) is 7.18. The van der Waals surface area contributed by atoms with Crippen LogP contribution in [0.3, 0.4) is 0 Å². The molecular formula is C48H40BBrF2N8O6. The van der Waals surface area contributed by atoms with E-state index in [-0.39, 0.29) is 34.9 Å². The van der Waals surface area contributed by atoms with Crippen LogP contribution in [0.2, 0.25) is 0 Å². The van der Waals surface area contributed by atoms with Gasteiger partial charge in [0.1, 0.15) is 41.4 Å². The van der Waals surface area contributed by atoms with Gasteiger partial charge in [-0.25, -0.2) is 43.4 Å². The molecule has 6 aromatic carbocycles. The van der Waals surface area contributed by atoms with Crippen molar-refractivity contribution in [1.29, 1.82) is 5.26 Å². The molecule has 66 heavy (non-hydrogen) atoms. The molecule has 4 atom stereocenters. The quantitative estimate of drug-likeness (QED) is 0.101. The SMILES string of the molecule is CN1OC2(CC(c3ccccc3)Oc3ccc(Br)cc32)N=C1N.N#Cc1cc(B(O)O)ccc1F.[C-]#[N+]c1cc(-c2ccc3c(c2)C2(CC(c4ccccc4)O3)N=C(N)N(C)O2)ccc1F. The predicted molar refractivity (Wildman–Crippen MR) is 246 cm³/mol. The Labute approximate surface area is 387 Å². The highest BCUT2D eigenvalue weighted by atomic mass is 79.9. The summed E-state index contributed by atoms with van der Waals surface area (Å²) in [6, 6.07) is 40.9. The van der Waals surface area contributed by atoms with Gasteiger partial charge in [-0.2, -0.15) is 5.26 Å². The standard InChI is InChI=1S/C24H19FN4O2.C17H16BrN3O2.C7H5BFNO2/c1-27-20-13-17(8-10-19(20)25)16-9-11-21-18(12-16)24(28-23(26)29(2)31-24)14-22(30-21)15-6-4-3-5-7-15;1-21-16(19)20-17(23-21)10-15(11-5-3-2-4-6-11)22-14-8-7-12(18)9-13(14)17;9-7-2-1-6(8(11)12)3-5(7)4-10/h3-13,22H,14H2,2H3,(H2,26,28);2-9,15H,10H2,1H3,(H2,19,20);1-3,11-12H. The number of nitrogens with zero attached hydrogens (tertiary/aromatic N) is 6. The molecule has 0 aromatic heterocycles. The number of guanidine groups is 2. The van der Waals surface area contributed by atoms with E-state index in [9.17, 15) is 8.78 Å². The Morgan fingerprint density at radius 3 is 1.73 bits per heavy atom. The van der Waals surface area contributed by atoms with E-state index in [2.05, 4.69) is 30.8 Å². The summed E-state index contributed by atoms with van der Waals surface area (Å²) in [6.07, 6.45) is 0.593. The van der Waals surface area contributed by atoms with Crippen LogP contribution in [0.1, 0.15) is 52.9 Å². The second-order valence-electron chi connectivity index (χ2n) is 15.5. The monoisotopic (exact) mass is 952 g/mol. The summed E-state index contributed by atoms with van der Waals surface area (Å²) in [4.78, 5) is 24.7. The van der Waals surface area contributed by atoms with E-state index in [1.807, 2.05) is 97.1 Å². The zero-order chi connectivity index (χ0) is 46.8. The van der Waals surface area contributed by atoms with Crippen molar-refractivity contribution in [3.63, 3.8) is 0 Å². The van der Waals surface area contributed by atoms with Crippen LogP contribution >= 0.6 is 15.9 Å². The van der Waals surface area contributed by atoms with Crippen LogP contribution in [-0.4, -0.2) is 53.3 Å². The normalized spacial score (nSPS) is 21.0. The van der Waals surface area contributed by atoms with Crippen molar-refractivity contribution in [2.24, 2.45) is 21.5 Å². The molecule has 4 aliphatic heterocycles. The lowest BCUT2D eigenvalue weighted by atomic mass is 9.80. The smallest absolute Gasteiger partial charge is 0.485 e. The Morgan fingerprint density at radius 2 is 1.23 bits per heavy atom. The van der Waals surface area contributed by atoms with Gasteiger partial charge in [0.25, 0.3) is 0 Å². The van der Waals surface area contributed by atoms with Crippen LogP contribution in [0.15, 0.2) is 148 Å². The van der Waals surface area contributed by atoms with E-state index in [0.717, 1.165) is 55.7 Å². The van der Waals surface area contributed by atoms with Gasteiger partial charge in [-0.1, -0.05) is 94.8 Å². The minimum absolute atomic E-state index is 0.0237. The maximum absolute atomic E-state index is 13.8. The molecule has 10 rings (SSSR count). The first kappa shape index (κ1) is 45.3. The van der Waals surface area contributed by atoms with Gasteiger partial charge < -0.3 is 31.0 Å². The van der Waals surface area contributed by atoms with Gasteiger partial charge in [-0.05, 0) is 82.3 Å². The number of ether oxygens (including phenoxy) is 2. The molecule has 18 heteroatoms. The molecule has 0 saturated heterocycles. The highest BCUT2D eigenvalue weighted by Gasteiger charge is 2.50. The minimum Gasteiger partial charge on any atom is -0.485 e. The number of benzene rings is 6. The number of halogens is 3. The maximum atomic E-state index is 13.8. The molecule has 0 amide bonds. The minimum atomic E-state index is -1.67. The number of hydrogen-bond donors (Lipinski definition) is 4. The van der Waals surface area contributed by atoms with E-state index >= 15 is 0 Å². The van der Waals surface area contributed by atoms with Crippen molar-refractivity contribution in [3.8, 4) is 28.7 Å². The average Bonchev–Trinajstić information content (AvgIpc) is 3.78. The van der Waals surface area contributed by atoms with E-state index < -0.39 is 30.2 Å². The molecule has 4 heterocycles. The number of nitrogens with two attached hydrogens (primary N) is 2. The maximum Gasteiger partial charge on any atom is 0.488 e. The Hall–Kier alpha value is -7.32. The second-order valence-corrected chi connectivity index (χ2v) is 16.4. The van der Waals surface area contributed by atoms with E-state index in [1.54, 1.807) is 26.2 Å². The number of rotatable bonds is 4. The third-order valence-electron chi connectivity index (χ3n) is 11.2. The molecule has 0 aliphatic carbocycles. The summed E-state index contributed by atoms with van der Waals surface area (Å²) in [7, 11) is 1.81. The molecular weight excluding hydrogens is 913 g/mol. The van der Waals surface area contributed by atoms with Crippen LogP contribution < -0.4 is 26.4 Å². The zero-order valence-electron chi connectivity index (χ0n) is 35.3. The summed E-state index contributed by atoms with van der Waals surface area (Å²) in [5.41, 5.74) is 15.3. The van der Waals surface area contributed by atoms with Crippen molar-refractivity contribution < 1.29 is 38.0 Å². The summed E-state index contributed by atoms with van der Waals surface area (Å²) in [5, 5.41) is 28.7. The third kappa shape index (κ3) is 9.14. The van der Waals surface area contributed by atoms with Crippen LogP contribution in [0, 0.1) is 29.5 Å². The van der Waals surface area contributed by atoms with E-state index in [4.69, 9.17) is 52.5 Å². The average molecular weight is 954 g/mol. The van der Waals surface area contributed by atoms with E-state index in [0.29, 0.717) is 24.6 Å². The molecule has 2 spiro atoms. The summed E-state index contributed by atoms with van der Waals surface area (Å²) < 4.78 is 39.9. The predicted octanol–water partition coefficient (Wildman–Crippen LogP) is 7.61. The van der Waals surface area contributed by atoms with Gasteiger partial charge in [0, 0.05) is 31.4 Å². The van der Waals surface area contributed by atoms with Crippen molar-refractivity contribution >= 4 is 46.1 Å². The van der Waals surface area contributed by atoms with Crippen molar-refractivity contribution in [2.75, 3.05) is 14.1 Å². The molecule has 0 fully saturated rings. The second kappa shape index (κ2) is 18.7. The van der Waals surface area contributed by atoms with Crippen molar-refractivity contribution in [2.45, 2.75) is 36.5 Å².